The van der Waals surface area contributed by atoms with Crippen LogP contribution < -0.4 is 16.6 Å². The quantitative estimate of drug-likeness (QED) is 0.0886. The predicted molar refractivity (Wildman–Crippen MR) is 272 cm³/mol. The van der Waals surface area contributed by atoms with Crippen LogP contribution in [0, 0.1) is 6.92 Å². The number of aryl methyl sites for hydroxylation is 1. The Bertz CT molecular complexity index is 3360. The summed E-state index contributed by atoms with van der Waals surface area (Å²) in [5.41, 5.74) is 25.9. The number of nitrogens with zero attached hydrogens (tertiary/aromatic N) is 2. The zero-order valence-corrected chi connectivity index (χ0v) is 36.8. The topological polar surface area (TPSA) is 59.9 Å². The van der Waals surface area contributed by atoms with Crippen LogP contribution in [0.1, 0.15) is 27.8 Å². The third-order valence-electron chi connectivity index (χ3n) is 12.4. The standard InChI is InChI=1S/C45H34N4S.C7H8.C6H7N/c1-3-13-29(28-47-46-2)26-27-48-38-20-8-4-14-30(38)33-24-25-37-44(43(33)48)50-41-23-11-7-18-35(41)45(37)34-17-6-10-22-40(34)49-39-21-9-5-15-31(39)32-16-12-19-36(45)42(32)49;1-7-5-3-2-4-6-7;7-6-4-2-1-3-5-6/h3-27,46-47H,1,28H2,2H3;2-6H,1H3;1-5H,7H2/b27-26-,29-13+;;. The van der Waals surface area contributed by atoms with Crippen molar-refractivity contribution in [2.24, 2.45) is 0 Å². The lowest BCUT2D eigenvalue weighted by Gasteiger charge is -2.45. The first-order chi connectivity index (χ1) is 31.5. The summed E-state index contributed by atoms with van der Waals surface area (Å²) in [7, 11) is 1.89. The van der Waals surface area contributed by atoms with E-state index in [0.717, 1.165) is 11.3 Å². The second kappa shape index (κ2) is 17.4. The smallest absolute Gasteiger partial charge is 0.0765 e. The van der Waals surface area contributed by atoms with Crippen LogP contribution in [0.3, 0.4) is 0 Å². The largest absolute Gasteiger partial charge is 0.399 e. The Morgan fingerprint density at radius 2 is 1.22 bits per heavy atom. The summed E-state index contributed by atoms with van der Waals surface area (Å²) in [5, 5.41) is 5.08. The van der Waals surface area contributed by atoms with E-state index in [1.54, 1.807) is 0 Å². The first kappa shape index (κ1) is 40.7. The minimum Gasteiger partial charge on any atom is -0.399 e. The molecule has 1 unspecified atom stereocenters. The second-order valence-electron chi connectivity index (χ2n) is 16.1. The fraction of sp³-hybridized carbons (Fsp3) is 0.0690. The molecule has 0 amide bonds. The maximum Gasteiger partial charge on any atom is 0.0765 e. The van der Waals surface area contributed by atoms with Gasteiger partial charge in [0, 0.05) is 49.8 Å². The number of nitrogen functional groups attached to an aromatic ring is 1. The van der Waals surface area contributed by atoms with Gasteiger partial charge in [-0.1, -0.05) is 188 Å². The molecule has 0 fully saturated rings. The van der Waals surface area contributed by atoms with Crippen molar-refractivity contribution >= 4 is 67.3 Å². The van der Waals surface area contributed by atoms with Crippen molar-refractivity contribution < 1.29 is 0 Å². The van der Waals surface area contributed by atoms with Gasteiger partial charge < -0.3 is 14.9 Å². The molecule has 0 bridgehead atoms. The summed E-state index contributed by atoms with van der Waals surface area (Å²) >= 11 is 1.90. The SMILES string of the molecule is C=C/C=C(\C=C/n1c2ccccc2c2ccc3c(c21)Sc1ccccc1C31c2ccccc2-n2c3ccccc3c3cccc1c32)CNNC.Cc1ccccc1.Nc1ccccc1. The Balaban J connectivity index is 0.000000296. The maximum atomic E-state index is 5.36. The molecule has 6 heteroatoms. The van der Waals surface area contributed by atoms with Crippen LogP contribution >= 0.6 is 11.8 Å². The summed E-state index contributed by atoms with van der Waals surface area (Å²) < 4.78 is 4.91. The van der Waals surface area contributed by atoms with Crippen LogP contribution in [0.4, 0.5) is 5.69 Å². The van der Waals surface area contributed by atoms with E-state index in [0.29, 0.717) is 6.54 Å². The highest BCUT2D eigenvalue weighted by Gasteiger charge is 2.50. The number of allylic oxidation sites excluding steroid dienone is 2. The molecule has 0 saturated carbocycles. The molecule has 2 aliphatic rings. The van der Waals surface area contributed by atoms with Crippen molar-refractivity contribution in [3.63, 3.8) is 0 Å². The van der Waals surface area contributed by atoms with Gasteiger partial charge in [-0.2, -0.15) is 0 Å². The molecule has 0 radical (unpaired) electrons. The number of hydrogen-bond donors (Lipinski definition) is 3. The Hall–Kier alpha value is -7.35. The summed E-state index contributed by atoms with van der Waals surface area (Å²) in [4.78, 5) is 2.58. The zero-order valence-electron chi connectivity index (χ0n) is 36.0. The fourth-order valence-electron chi connectivity index (χ4n) is 9.69. The molecule has 312 valence electrons. The number of para-hydroxylation sites is 5. The van der Waals surface area contributed by atoms with Gasteiger partial charge in [-0.05, 0) is 84.3 Å². The van der Waals surface area contributed by atoms with Gasteiger partial charge in [0.15, 0.2) is 0 Å². The minimum absolute atomic E-state index is 0.526. The summed E-state index contributed by atoms with van der Waals surface area (Å²) in [6.45, 7) is 6.73. The molecule has 0 aliphatic carbocycles. The van der Waals surface area contributed by atoms with Gasteiger partial charge in [0.05, 0.1) is 33.2 Å². The van der Waals surface area contributed by atoms with Gasteiger partial charge in [-0.3, -0.25) is 10.9 Å². The summed E-state index contributed by atoms with van der Waals surface area (Å²) in [6, 6.07) is 67.3. The number of rotatable bonds is 6. The van der Waals surface area contributed by atoms with Gasteiger partial charge in [-0.15, -0.1) is 0 Å². The van der Waals surface area contributed by atoms with E-state index in [1.807, 2.05) is 73.4 Å². The van der Waals surface area contributed by atoms with Crippen LogP contribution in [0.25, 0.3) is 55.5 Å². The second-order valence-corrected chi connectivity index (χ2v) is 17.2. The van der Waals surface area contributed by atoms with Crippen LogP contribution in [0.15, 0.2) is 228 Å². The molecule has 64 heavy (non-hydrogen) atoms. The normalized spacial score (nSPS) is 14.8. The van der Waals surface area contributed by atoms with Gasteiger partial charge in [0.2, 0.25) is 0 Å². The van der Waals surface area contributed by atoms with E-state index < -0.39 is 5.41 Å². The van der Waals surface area contributed by atoms with Crippen LogP contribution in [0.5, 0.6) is 0 Å². The molecule has 0 saturated heterocycles. The third kappa shape index (κ3) is 6.84. The van der Waals surface area contributed by atoms with Crippen molar-refractivity contribution in [3.8, 4) is 5.69 Å². The first-order valence-electron chi connectivity index (χ1n) is 21.7. The summed E-state index contributed by atoms with van der Waals surface area (Å²) in [6.07, 6.45) is 8.34. The monoisotopic (exact) mass is 847 g/mol. The Morgan fingerprint density at radius 1 is 0.609 bits per heavy atom. The number of nitrogens with one attached hydrogen (secondary N) is 2. The molecule has 2 aromatic heterocycles. The van der Waals surface area contributed by atoms with Gasteiger partial charge in [-0.25, -0.2) is 0 Å². The van der Waals surface area contributed by atoms with Gasteiger partial charge in [0.25, 0.3) is 0 Å². The van der Waals surface area contributed by atoms with Crippen molar-refractivity contribution in [1.82, 2.24) is 20.0 Å². The number of benzene rings is 8. The first-order valence-corrected chi connectivity index (χ1v) is 22.5. The highest BCUT2D eigenvalue weighted by Crippen LogP contribution is 2.61. The number of anilines is 1. The molecule has 4 heterocycles. The number of hydrogen-bond acceptors (Lipinski definition) is 4. The van der Waals surface area contributed by atoms with E-state index in [2.05, 4.69) is 191 Å². The minimum atomic E-state index is -0.526. The van der Waals surface area contributed by atoms with Crippen LogP contribution in [0.2, 0.25) is 0 Å². The highest BCUT2D eigenvalue weighted by molar-refractivity contribution is 7.99. The lowest BCUT2D eigenvalue weighted by Crippen LogP contribution is -2.37. The molecule has 1 atom stereocenters. The van der Waals surface area contributed by atoms with E-state index in [1.165, 1.54) is 86.9 Å². The van der Waals surface area contributed by atoms with E-state index in [-0.39, 0.29) is 0 Å². The van der Waals surface area contributed by atoms with Crippen LogP contribution in [-0.4, -0.2) is 22.7 Å². The molecule has 5 nitrogen and oxygen atoms in total. The number of fused-ring (bicyclic) bond motifs is 15. The van der Waals surface area contributed by atoms with E-state index in [9.17, 15) is 0 Å². The number of nitrogens with two attached hydrogens (primary N) is 1. The van der Waals surface area contributed by atoms with Crippen molar-refractivity contribution in [3.05, 3.63) is 246 Å². The summed E-state index contributed by atoms with van der Waals surface area (Å²) in [5.74, 6) is 0. The van der Waals surface area contributed by atoms with Gasteiger partial charge in [0.1, 0.15) is 0 Å². The molecular formula is C58H49N5S. The lowest BCUT2D eigenvalue weighted by atomic mass is 9.62. The zero-order chi connectivity index (χ0) is 43.6. The highest BCUT2D eigenvalue weighted by atomic mass is 32.2. The Morgan fingerprint density at radius 3 is 1.92 bits per heavy atom. The Kier molecular flexibility index (Phi) is 11.1. The lowest BCUT2D eigenvalue weighted by molar-refractivity contribution is 0.638. The van der Waals surface area contributed by atoms with Crippen molar-refractivity contribution in [2.75, 3.05) is 19.3 Å². The predicted octanol–water partition coefficient (Wildman–Crippen LogP) is 13.6. The van der Waals surface area contributed by atoms with Gasteiger partial charge >= 0.3 is 0 Å². The molecule has 2 aliphatic heterocycles. The van der Waals surface area contributed by atoms with E-state index >= 15 is 0 Å². The molecule has 1 spiro atoms. The molecule has 8 aromatic carbocycles. The molecule has 10 aromatic rings. The van der Waals surface area contributed by atoms with E-state index in [4.69, 9.17) is 5.73 Å². The Labute approximate surface area is 378 Å². The van der Waals surface area contributed by atoms with Crippen molar-refractivity contribution in [2.45, 2.75) is 22.1 Å². The molecule has 12 rings (SSSR count). The number of aromatic nitrogens is 2. The van der Waals surface area contributed by atoms with Crippen molar-refractivity contribution in [1.29, 1.82) is 0 Å². The van der Waals surface area contributed by atoms with Crippen LogP contribution in [-0.2, 0) is 5.41 Å². The molecular weight excluding hydrogens is 799 g/mol. The third-order valence-corrected chi connectivity index (χ3v) is 13.6. The number of hydrazine groups is 1. The maximum absolute atomic E-state index is 5.36. The molecule has 4 N–H and O–H groups in total. The average molecular weight is 848 g/mol. The average Bonchev–Trinajstić information content (AvgIpc) is 3.86. The fourth-order valence-corrected chi connectivity index (χ4v) is 11.0.